The summed E-state index contributed by atoms with van der Waals surface area (Å²) in [5, 5.41) is 5.83. The lowest BCUT2D eigenvalue weighted by Crippen LogP contribution is -2.47. The van der Waals surface area contributed by atoms with Crippen molar-refractivity contribution in [3.63, 3.8) is 0 Å². The minimum Gasteiger partial charge on any atom is -0.334 e. The first-order chi connectivity index (χ1) is 14.9. The van der Waals surface area contributed by atoms with Crippen LogP contribution >= 0.6 is 11.3 Å². The average molecular weight is 438 g/mol. The third-order valence-electron chi connectivity index (χ3n) is 4.32. The van der Waals surface area contributed by atoms with Crippen LogP contribution in [0, 0.1) is 13.8 Å². The number of thiazole rings is 1. The second-order valence-electron chi connectivity index (χ2n) is 6.82. The molecular formula is C22H23N5O3S. The average Bonchev–Trinajstić information content (AvgIpc) is 3.18. The zero-order valence-electron chi connectivity index (χ0n) is 17.2. The van der Waals surface area contributed by atoms with E-state index in [1.807, 2.05) is 61.5 Å². The molecule has 160 valence electrons. The van der Waals surface area contributed by atoms with E-state index >= 15 is 0 Å². The number of rotatable bonds is 6. The highest BCUT2D eigenvalue weighted by atomic mass is 32.1. The first-order valence-corrected chi connectivity index (χ1v) is 10.4. The van der Waals surface area contributed by atoms with Crippen molar-refractivity contribution in [3.8, 4) is 10.6 Å². The summed E-state index contributed by atoms with van der Waals surface area (Å²) in [6, 6.07) is 16.8. The van der Waals surface area contributed by atoms with Crippen molar-refractivity contribution in [1.82, 2.24) is 26.5 Å². The molecule has 3 rings (SSSR count). The molecule has 0 aliphatic heterocycles. The molecule has 1 heterocycles. The van der Waals surface area contributed by atoms with Crippen molar-refractivity contribution in [2.75, 3.05) is 6.54 Å². The van der Waals surface area contributed by atoms with Gasteiger partial charge in [0.05, 0.1) is 5.69 Å². The van der Waals surface area contributed by atoms with Crippen LogP contribution in [0.3, 0.4) is 0 Å². The van der Waals surface area contributed by atoms with Crippen LogP contribution in [0.15, 0.2) is 54.6 Å². The van der Waals surface area contributed by atoms with Crippen molar-refractivity contribution in [3.05, 3.63) is 76.3 Å². The summed E-state index contributed by atoms with van der Waals surface area (Å²) in [5.41, 5.74) is 8.22. The first kappa shape index (κ1) is 22.0. The van der Waals surface area contributed by atoms with Gasteiger partial charge in [0.2, 0.25) is 0 Å². The van der Waals surface area contributed by atoms with E-state index in [1.54, 1.807) is 6.92 Å². The Morgan fingerprint density at radius 1 is 0.903 bits per heavy atom. The van der Waals surface area contributed by atoms with Crippen LogP contribution in [0.5, 0.6) is 0 Å². The maximum atomic E-state index is 12.4. The summed E-state index contributed by atoms with van der Waals surface area (Å²) in [6.45, 7) is 3.79. The molecule has 0 fully saturated rings. The van der Waals surface area contributed by atoms with Crippen molar-refractivity contribution < 1.29 is 14.4 Å². The van der Waals surface area contributed by atoms with E-state index in [1.165, 1.54) is 11.3 Å². The molecule has 1 aromatic heterocycles. The molecule has 0 aliphatic carbocycles. The minimum atomic E-state index is -0.552. The molecule has 0 unspecified atom stereocenters. The zero-order chi connectivity index (χ0) is 22.2. The highest BCUT2D eigenvalue weighted by Gasteiger charge is 2.17. The molecule has 4 amide bonds. The van der Waals surface area contributed by atoms with E-state index in [-0.39, 0.29) is 6.54 Å². The molecule has 0 bridgehead atoms. The number of aryl methyl sites for hydroxylation is 2. The fourth-order valence-electron chi connectivity index (χ4n) is 2.65. The molecule has 0 aliphatic rings. The topological polar surface area (TPSA) is 112 Å². The molecule has 31 heavy (non-hydrogen) atoms. The number of benzene rings is 2. The minimum absolute atomic E-state index is 0.281. The van der Waals surface area contributed by atoms with E-state index < -0.39 is 17.8 Å². The summed E-state index contributed by atoms with van der Waals surface area (Å²) in [7, 11) is 0. The van der Waals surface area contributed by atoms with Crippen LogP contribution < -0.4 is 21.5 Å². The molecule has 4 N–H and O–H groups in total. The first-order valence-electron chi connectivity index (χ1n) is 9.61. The molecule has 0 saturated carbocycles. The van der Waals surface area contributed by atoms with Crippen LogP contribution in [-0.2, 0) is 11.3 Å². The smallest absolute Gasteiger partial charge is 0.315 e. The largest absolute Gasteiger partial charge is 0.334 e. The number of carbonyl (C=O) groups excluding carboxylic acids is 3. The van der Waals surface area contributed by atoms with Gasteiger partial charge in [0.15, 0.2) is 0 Å². The zero-order valence-corrected chi connectivity index (χ0v) is 18.0. The molecule has 0 spiro atoms. The molecule has 0 radical (unpaired) electrons. The highest BCUT2D eigenvalue weighted by molar-refractivity contribution is 7.17. The van der Waals surface area contributed by atoms with Crippen LogP contribution in [0.4, 0.5) is 4.79 Å². The number of hydrogen-bond donors (Lipinski definition) is 4. The summed E-state index contributed by atoms with van der Waals surface area (Å²) in [4.78, 5) is 41.0. The number of urea groups is 1. The quantitative estimate of drug-likeness (QED) is 0.444. The van der Waals surface area contributed by atoms with Gasteiger partial charge < -0.3 is 10.6 Å². The summed E-state index contributed by atoms with van der Waals surface area (Å²) in [6.07, 6.45) is 0. The van der Waals surface area contributed by atoms with Gasteiger partial charge in [0, 0.05) is 12.1 Å². The van der Waals surface area contributed by atoms with Gasteiger partial charge in [0.25, 0.3) is 11.8 Å². The van der Waals surface area contributed by atoms with E-state index in [2.05, 4.69) is 26.5 Å². The summed E-state index contributed by atoms with van der Waals surface area (Å²) < 4.78 is 0. The molecular weight excluding hydrogens is 414 g/mol. The fraction of sp³-hybridized carbons (Fsp3) is 0.182. The Hall–Kier alpha value is -3.72. The third kappa shape index (κ3) is 6.38. The second-order valence-corrected chi connectivity index (χ2v) is 7.82. The van der Waals surface area contributed by atoms with Crippen LogP contribution in [-0.4, -0.2) is 29.4 Å². The van der Waals surface area contributed by atoms with Crippen molar-refractivity contribution in [2.24, 2.45) is 0 Å². The summed E-state index contributed by atoms with van der Waals surface area (Å²) in [5.74, 6) is -1.02. The van der Waals surface area contributed by atoms with Crippen molar-refractivity contribution in [2.45, 2.75) is 20.4 Å². The number of carbonyl (C=O) groups is 3. The SMILES string of the molecule is Cc1ccc(CNC(=O)NCC(=O)NNC(=O)c2sc(-c3ccccc3)nc2C)cc1. The molecule has 0 atom stereocenters. The monoisotopic (exact) mass is 437 g/mol. The van der Waals surface area contributed by atoms with Crippen LogP contribution in [0.25, 0.3) is 10.6 Å². The van der Waals surface area contributed by atoms with Gasteiger partial charge in [-0.25, -0.2) is 9.78 Å². The van der Waals surface area contributed by atoms with Gasteiger partial charge >= 0.3 is 6.03 Å². The highest BCUT2D eigenvalue weighted by Crippen LogP contribution is 2.27. The van der Waals surface area contributed by atoms with Gasteiger partial charge in [-0.1, -0.05) is 60.2 Å². The molecule has 3 aromatic rings. The number of nitrogens with zero attached hydrogens (tertiary/aromatic N) is 1. The number of nitrogens with one attached hydrogen (secondary N) is 4. The lowest BCUT2D eigenvalue weighted by atomic mass is 10.1. The Kier molecular flexibility index (Phi) is 7.34. The number of hydrogen-bond acceptors (Lipinski definition) is 5. The molecule has 8 nitrogen and oxygen atoms in total. The lowest BCUT2D eigenvalue weighted by Gasteiger charge is -2.09. The van der Waals surface area contributed by atoms with Crippen molar-refractivity contribution >= 4 is 29.2 Å². The maximum absolute atomic E-state index is 12.4. The molecule has 0 saturated heterocycles. The summed E-state index contributed by atoms with van der Waals surface area (Å²) >= 11 is 1.24. The number of aromatic nitrogens is 1. The predicted molar refractivity (Wildman–Crippen MR) is 119 cm³/mol. The van der Waals surface area contributed by atoms with E-state index in [0.717, 1.165) is 21.7 Å². The van der Waals surface area contributed by atoms with E-state index in [9.17, 15) is 14.4 Å². The van der Waals surface area contributed by atoms with Gasteiger partial charge in [-0.15, -0.1) is 11.3 Å². The van der Waals surface area contributed by atoms with Crippen LogP contribution in [0.2, 0.25) is 0 Å². The molecule has 2 aromatic carbocycles. The lowest BCUT2D eigenvalue weighted by molar-refractivity contribution is -0.120. The van der Waals surface area contributed by atoms with Gasteiger partial charge in [-0.2, -0.15) is 0 Å². The predicted octanol–water partition coefficient (Wildman–Crippen LogP) is 2.69. The molecule has 9 heteroatoms. The van der Waals surface area contributed by atoms with Gasteiger partial charge in [0.1, 0.15) is 16.4 Å². The van der Waals surface area contributed by atoms with Gasteiger partial charge in [-0.3, -0.25) is 20.4 Å². The Bertz CT molecular complexity index is 1060. The van der Waals surface area contributed by atoms with Crippen LogP contribution in [0.1, 0.15) is 26.5 Å². The Morgan fingerprint density at radius 3 is 2.32 bits per heavy atom. The standard InChI is InChI=1S/C22H23N5O3S/c1-14-8-10-16(11-9-14)12-23-22(30)24-13-18(28)26-27-20(29)19-15(2)25-21(31-19)17-6-4-3-5-7-17/h3-11H,12-13H2,1-2H3,(H,26,28)(H,27,29)(H2,23,24,30). The second kappa shape index (κ2) is 10.4. The third-order valence-corrected chi connectivity index (χ3v) is 5.53. The van der Waals surface area contributed by atoms with Gasteiger partial charge in [-0.05, 0) is 19.4 Å². The Labute approximate surface area is 184 Å². The Morgan fingerprint density at radius 2 is 1.61 bits per heavy atom. The van der Waals surface area contributed by atoms with E-state index in [0.29, 0.717) is 17.1 Å². The number of amides is 4. The van der Waals surface area contributed by atoms with E-state index in [4.69, 9.17) is 0 Å². The Balaban J connectivity index is 1.42. The fourth-order valence-corrected chi connectivity index (χ4v) is 3.62. The maximum Gasteiger partial charge on any atom is 0.315 e. The normalized spacial score (nSPS) is 10.3. The van der Waals surface area contributed by atoms with Crippen molar-refractivity contribution in [1.29, 1.82) is 0 Å². The number of hydrazine groups is 1.